The van der Waals surface area contributed by atoms with E-state index in [1.807, 2.05) is 0 Å². The Morgan fingerprint density at radius 2 is 2.17 bits per heavy atom. The number of carboxylic acid groups (broad SMARTS) is 1. The summed E-state index contributed by atoms with van der Waals surface area (Å²) in [6.45, 7) is 0.0861. The first-order valence-corrected chi connectivity index (χ1v) is 5.60. The standard InChI is InChI=1S/C13H10ClNO3/c14-9-3-1-4-10(7-9)18-8-12-11(13(16)17)5-2-6-15-12/h1-7H,8H2,(H,16,17). The third-order valence-electron chi connectivity index (χ3n) is 2.29. The summed E-state index contributed by atoms with van der Waals surface area (Å²) < 4.78 is 5.45. The van der Waals surface area contributed by atoms with E-state index in [-0.39, 0.29) is 12.2 Å². The van der Waals surface area contributed by atoms with Crippen molar-refractivity contribution in [3.8, 4) is 5.75 Å². The lowest BCUT2D eigenvalue weighted by molar-refractivity contribution is 0.0693. The van der Waals surface area contributed by atoms with E-state index in [1.165, 1.54) is 12.3 Å². The third kappa shape index (κ3) is 2.99. The minimum Gasteiger partial charge on any atom is -0.487 e. The van der Waals surface area contributed by atoms with Gasteiger partial charge in [0, 0.05) is 11.2 Å². The van der Waals surface area contributed by atoms with Crippen molar-refractivity contribution in [2.24, 2.45) is 0 Å². The number of aromatic carboxylic acids is 1. The fourth-order valence-corrected chi connectivity index (χ4v) is 1.64. The van der Waals surface area contributed by atoms with E-state index in [2.05, 4.69) is 4.98 Å². The summed E-state index contributed by atoms with van der Waals surface area (Å²) in [5.74, 6) is -0.447. The number of pyridine rings is 1. The highest BCUT2D eigenvalue weighted by Gasteiger charge is 2.10. The zero-order valence-electron chi connectivity index (χ0n) is 9.34. The molecule has 5 heteroatoms. The number of benzene rings is 1. The number of hydrogen-bond acceptors (Lipinski definition) is 3. The minimum absolute atomic E-state index is 0.0861. The van der Waals surface area contributed by atoms with Crippen LogP contribution in [-0.2, 0) is 6.61 Å². The Balaban J connectivity index is 2.13. The van der Waals surface area contributed by atoms with Crippen LogP contribution in [0.5, 0.6) is 5.75 Å². The molecule has 1 aromatic carbocycles. The minimum atomic E-state index is -1.02. The molecule has 2 rings (SSSR count). The van der Waals surface area contributed by atoms with Gasteiger partial charge in [-0.15, -0.1) is 0 Å². The molecule has 18 heavy (non-hydrogen) atoms. The fourth-order valence-electron chi connectivity index (χ4n) is 1.46. The summed E-state index contributed by atoms with van der Waals surface area (Å²) in [5.41, 5.74) is 0.518. The lowest BCUT2D eigenvalue weighted by Crippen LogP contribution is -2.07. The topological polar surface area (TPSA) is 59.4 Å². The predicted octanol–water partition coefficient (Wildman–Crippen LogP) is 3.01. The van der Waals surface area contributed by atoms with E-state index < -0.39 is 5.97 Å². The van der Waals surface area contributed by atoms with E-state index in [0.29, 0.717) is 16.5 Å². The second-order valence-corrected chi connectivity index (χ2v) is 3.99. The summed E-state index contributed by atoms with van der Waals surface area (Å²) in [6.07, 6.45) is 1.53. The summed E-state index contributed by atoms with van der Waals surface area (Å²) in [7, 11) is 0. The van der Waals surface area contributed by atoms with Gasteiger partial charge in [-0.05, 0) is 30.3 Å². The van der Waals surface area contributed by atoms with Crippen LogP contribution in [-0.4, -0.2) is 16.1 Å². The second-order valence-electron chi connectivity index (χ2n) is 3.55. The van der Waals surface area contributed by atoms with Gasteiger partial charge in [-0.2, -0.15) is 0 Å². The molecule has 1 N–H and O–H groups in total. The molecule has 0 aliphatic rings. The zero-order chi connectivity index (χ0) is 13.0. The Morgan fingerprint density at radius 3 is 2.89 bits per heavy atom. The highest BCUT2D eigenvalue weighted by atomic mass is 35.5. The lowest BCUT2D eigenvalue weighted by Gasteiger charge is -2.07. The van der Waals surface area contributed by atoms with Gasteiger partial charge in [0.2, 0.25) is 0 Å². The second kappa shape index (κ2) is 5.51. The number of ether oxygens (including phenoxy) is 1. The monoisotopic (exact) mass is 263 g/mol. The van der Waals surface area contributed by atoms with Crippen LogP contribution >= 0.6 is 11.6 Å². The first-order valence-electron chi connectivity index (χ1n) is 5.22. The molecule has 0 amide bonds. The Bertz CT molecular complexity index is 572. The predicted molar refractivity (Wildman–Crippen MR) is 67.0 cm³/mol. The van der Waals surface area contributed by atoms with Gasteiger partial charge in [0.05, 0.1) is 11.3 Å². The van der Waals surface area contributed by atoms with Gasteiger partial charge >= 0.3 is 5.97 Å². The van der Waals surface area contributed by atoms with Crippen LogP contribution in [0.3, 0.4) is 0 Å². The molecular formula is C13H10ClNO3. The van der Waals surface area contributed by atoms with Crippen LogP contribution in [0.2, 0.25) is 5.02 Å². The Hall–Kier alpha value is -2.07. The van der Waals surface area contributed by atoms with E-state index >= 15 is 0 Å². The normalized spacial score (nSPS) is 10.1. The van der Waals surface area contributed by atoms with Crippen LogP contribution in [0.15, 0.2) is 42.6 Å². The molecule has 0 radical (unpaired) electrons. The van der Waals surface area contributed by atoms with Crippen molar-refractivity contribution < 1.29 is 14.6 Å². The molecule has 0 atom stereocenters. The Kier molecular flexibility index (Phi) is 3.79. The average molecular weight is 264 g/mol. The van der Waals surface area contributed by atoms with E-state index in [9.17, 15) is 4.79 Å². The molecule has 0 saturated carbocycles. The number of nitrogens with zero attached hydrogens (tertiary/aromatic N) is 1. The molecule has 4 nitrogen and oxygen atoms in total. The fraction of sp³-hybridized carbons (Fsp3) is 0.0769. The van der Waals surface area contributed by atoms with Crippen molar-refractivity contribution in [2.45, 2.75) is 6.61 Å². The summed E-state index contributed by atoms with van der Waals surface area (Å²) >= 11 is 5.82. The van der Waals surface area contributed by atoms with E-state index in [0.717, 1.165) is 0 Å². The highest BCUT2D eigenvalue weighted by molar-refractivity contribution is 6.30. The molecule has 0 fully saturated rings. The molecule has 0 unspecified atom stereocenters. The molecule has 2 aromatic rings. The average Bonchev–Trinajstić information content (AvgIpc) is 2.37. The Morgan fingerprint density at radius 1 is 1.33 bits per heavy atom. The molecule has 1 heterocycles. The maximum Gasteiger partial charge on any atom is 0.337 e. The molecule has 0 bridgehead atoms. The van der Waals surface area contributed by atoms with Gasteiger partial charge < -0.3 is 9.84 Å². The molecule has 0 aliphatic carbocycles. The molecule has 0 aliphatic heterocycles. The van der Waals surface area contributed by atoms with Gasteiger partial charge in [0.15, 0.2) is 0 Å². The lowest BCUT2D eigenvalue weighted by atomic mass is 10.2. The number of rotatable bonds is 4. The summed E-state index contributed by atoms with van der Waals surface area (Å²) in [5, 5.41) is 9.55. The quantitative estimate of drug-likeness (QED) is 0.921. The van der Waals surface area contributed by atoms with Crippen molar-refractivity contribution in [1.29, 1.82) is 0 Å². The van der Waals surface area contributed by atoms with Crippen molar-refractivity contribution >= 4 is 17.6 Å². The van der Waals surface area contributed by atoms with Gasteiger partial charge in [-0.25, -0.2) is 4.79 Å². The molecule has 0 saturated heterocycles. The highest BCUT2D eigenvalue weighted by Crippen LogP contribution is 2.18. The molecule has 1 aromatic heterocycles. The first-order chi connectivity index (χ1) is 8.66. The molecule has 0 spiro atoms. The van der Waals surface area contributed by atoms with Crippen LogP contribution < -0.4 is 4.74 Å². The molecule has 92 valence electrons. The van der Waals surface area contributed by atoms with E-state index in [4.69, 9.17) is 21.4 Å². The van der Waals surface area contributed by atoms with Gasteiger partial charge in [-0.1, -0.05) is 17.7 Å². The van der Waals surface area contributed by atoms with Gasteiger partial charge in [0.1, 0.15) is 12.4 Å². The number of halogens is 1. The van der Waals surface area contributed by atoms with Crippen molar-refractivity contribution in [3.05, 3.63) is 58.9 Å². The zero-order valence-corrected chi connectivity index (χ0v) is 10.1. The number of carboxylic acids is 1. The number of aromatic nitrogens is 1. The largest absolute Gasteiger partial charge is 0.487 e. The van der Waals surface area contributed by atoms with Crippen molar-refractivity contribution in [3.63, 3.8) is 0 Å². The molecular weight excluding hydrogens is 254 g/mol. The summed E-state index contributed by atoms with van der Waals surface area (Å²) in [6, 6.07) is 9.96. The van der Waals surface area contributed by atoms with Crippen LogP contribution in [0.1, 0.15) is 16.1 Å². The van der Waals surface area contributed by atoms with Crippen molar-refractivity contribution in [1.82, 2.24) is 4.98 Å². The van der Waals surface area contributed by atoms with E-state index in [1.54, 1.807) is 30.3 Å². The smallest absolute Gasteiger partial charge is 0.337 e. The number of carbonyl (C=O) groups is 1. The maximum absolute atomic E-state index is 11.0. The van der Waals surface area contributed by atoms with Crippen molar-refractivity contribution in [2.75, 3.05) is 0 Å². The van der Waals surface area contributed by atoms with Gasteiger partial charge in [-0.3, -0.25) is 4.98 Å². The maximum atomic E-state index is 11.0. The Labute approximate surface area is 109 Å². The van der Waals surface area contributed by atoms with Crippen LogP contribution in [0.4, 0.5) is 0 Å². The number of hydrogen-bond donors (Lipinski definition) is 1. The third-order valence-corrected chi connectivity index (χ3v) is 2.53. The summed E-state index contributed by atoms with van der Waals surface area (Å²) in [4.78, 5) is 15.0. The van der Waals surface area contributed by atoms with Crippen LogP contribution in [0, 0.1) is 0 Å². The first kappa shape index (κ1) is 12.4. The SMILES string of the molecule is O=C(O)c1cccnc1COc1cccc(Cl)c1. The van der Waals surface area contributed by atoms with Crippen LogP contribution in [0.25, 0.3) is 0 Å². The van der Waals surface area contributed by atoms with Gasteiger partial charge in [0.25, 0.3) is 0 Å².